The van der Waals surface area contributed by atoms with Crippen LogP contribution in [0.25, 0.3) is 0 Å². The lowest BCUT2D eigenvalue weighted by Gasteiger charge is -2.28. The van der Waals surface area contributed by atoms with Crippen LogP contribution in [0.1, 0.15) is 52.7 Å². The maximum atomic E-state index is 12.4. The maximum absolute atomic E-state index is 12.4. The van der Waals surface area contributed by atoms with Crippen LogP contribution in [0, 0.1) is 0 Å². The quantitative estimate of drug-likeness (QED) is 0.783. The number of phenols is 1. The lowest BCUT2D eigenvalue weighted by Crippen LogP contribution is -2.33. The van der Waals surface area contributed by atoms with Crippen LogP contribution in [0.5, 0.6) is 5.75 Å². The Labute approximate surface area is 159 Å². The van der Waals surface area contributed by atoms with Crippen LogP contribution >= 0.6 is 11.8 Å². The monoisotopic (exact) mass is 376 g/mol. The van der Waals surface area contributed by atoms with Crippen molar-refractivity contribution in [2.24, 2.45) is 0 Å². The lowest BCUT2D eigenvalue weighted by atomic mass is 9.79. The van der Waals surface area contributed by atoms with Gasteiger partial charge in [0.05, 0.1) is 10.8 Å². The Kier molecular flexibility index (Phi) is 5.47. The summed E-state index contributed by atoms with van der Waals surface area (Å²) in [6.07, 6.45) is 0. The molecule has 1 aromatic carbocycles. The number of phenolic OH excluding ortho intramolecular Hbond substituents is 1. The van der Waals surface area contributed by atoms with Gasteiger partial charge in [0.2, 0.25) is 11.8 Å². The number of aromatic hydroxyl groups is 1. The minimum atomic E-state index is -0.285. The molecular formula is C20H28N2O3S. The minimum absolute atomic E-state index is 0.0543. The Balaban J connectivity index is 2.32. The van der Waals surface area contributed by atoms with Crippen LogP contribution in [-0.2, 0) is 20.4 Å². The molecular weight excluding hydrogens is 348 g/mol. The zero-order chi connectivity index (χ0) is 19.9. The zero-order valence-electron chi connectivity index (χ0n) is 16.4. The second-order valence-electron chi connectivity index (χ2n) is 8.63. The first-order valence-electron chi connectivity index (χ1n) is 8.60. The summed E-state index contributed by atoms with van der Waals surface area (Å²) in [6, 6.07) is 3.61. The van der Waals surface area contributed by atoms with Crippen LogP contribution in [0.15, 0.2) is 23.7 Å². The van der Waals surface area contributed by atoms with Crippen molar-refractivity contribution in [3.05, 3.63) is 34.9 Å². The number of nitrogens with zero attached hydrogens (tertiary/aromatic N) is 1. The highest BCUT2D eigenvalue weighted by Crippen LogP contribution is 2.41. The number of hydrogen-bond donors (Lipinski definition) is 2. The van der Waals surface area contributed by atoms with E-state index in [-0.39, 0.29) is 34.9 Å². The maximum Gasteiger partial charge on any atom is 0.244 e. The van der Waals surface area contributed by atoms with Crippen molar-refractivity contribution in [2.75, 3.05) is 17.6 Å². The zero-order valence-corrected chi connectivity index (χ0v) is 17.2. The summed E-state index contributed by atoms with van der Waals surface area (Å²) < 4.78 is 0. The second-order valence-corrected chi connectivity index (χ2v) is 9.68. The fraction of sp³-hybridized carbons (Fsp3) is 0.500. The fourth-order valence-electron chi connectivity index (χ4n) is 2.81. The average molecular weight is 377 g/mol. The molecule has 142 valence electrons. The first-order chi connectivity index (χ1) is 11.8. The van der Waals surface area contributed by atoms with E-state index >= 15 is 0 Å². The molecule has 0 spiro atoms. The molecule has 1 aliphatic heterocycles. The van der Waals surface area contributed by atoms with Gasteiger partial charge in [-0.05, 0) is 23.0 Å². The third-order valence-electron chi connectivity index (χ3n) is 4.28. The van der Waals surface area contributed by atoms with Crippen molar-refractivity contribution >= 4 is 29.3 Å². The van der Waals surface area contributed by atoms with Crippen molar-refractivity contribution in [3.63, 3.8) is 0 Å². The highest BCUT2D eigenvalue weighted by Gasteiger charge is 2.29. The normalized spacial score (nSPS) is 15.5. The molecule has 1 aromatic rings. The topological polar surface area (TPSA) is 69.6 Å². The molecule has 0 saturated carbocycles. The highest BCUT2D eigenvalue weighted by atomic mass is 32.2. The van der Waals surface area contributed by atoms with Crippen LogP contribution in [0.4, 0.5) is 5.69 Å². The van der Waals surface area contributed by atoms with Crippen LogP contribution in [0.3, 0.4) is 0 Å². The van der Waals surface area contributed by atoms with E-state index < -0.39 is 0 Å². The Morgan fingerprint density at radius 3 is 2.08 bits per heavy atom. The number of benzene rings is 1. The predicted molar refractivity (Wildman–Crippen MR) is 107 cm³/mol. The second kappa shape index (κ2) is 6.99. The molecule has 1 fully saturated rings. The van der Waals surface area contributed by atoms with Gasteiger partial charge in [0, 0.05) is 16.8 Å². The minimum Gasteiger partial charge on any atom is -0.507 e. The molecule has 0 radical (unpaired) electrons. The van der Waals surface area contributed by atoms with Gasteiger partial charge in [0.15, 0.2) is 0 Å². The van der Waals surface area contributed by atoms with Gasteiger partial charge in [-0.25, -0.2) is 0 Å². The van der Waals surface area contributed by atoms with Crippen LogP contribution in [0.2, 0.25) is 0 Å². The SMILES string of the molecule is C=C1SCC(=O)N1CC(=O)Nc1cc(C(C)(C)C)c(O)c(C(C)(C)C)c1. The third kappa shape index (κ3) is 4.41. The standard InChI is InChI=1S/C20H28N2O3S/c1-12-22(17(24)11-26-12)10-16(23)21-13-8-14(19(2,3)4)18(25)15(9-13)20(5,6)7/h8-9,25H,1,10-11H2,2-7H3,(H,21,23). The number of rotatable bonds is 3. The summed E-state index contributed by atoms with van der Waals surface area (Å²) >= 11 is 1.34. The van der Waals surface area contributed by atoms with Gasteiger partial charge < -0.3 is 10.4 Å². The van der Waals surface area contributed by atoms with E-state index in [0.29, 0.717) is 16.5 Å². The Bertz CT molecular complexity index is 706. The summed E-state index contributed by atoms with van der Waals surface area (Å²) in [5.74, 6) is 0.203. The highest BCUT2D eigenvalue weighted by molar-refractivity contribution is 8.04. The molecule has 0 aliphatic carbocycles. The lowest BCUT2D eigenvalue weighted by molar-refractivity contribution is -0.129. The predicted octanol–water partition coefficient (Wildman–Crippen LogP) is 3.97. The molecule has 5 nitrogen and oxygen atoms in total. The number of nitrogens with one attached hydrogen (secondary N) is 1. The van der Waals surface area contributed by atoms with Crippen molar-refractivity contribution in [1.29, 1.82) is 0 Å². The van der Waals surface area contributed by atoms with Crippen LogP contribution < -0.4 is 5.32 Å². The van der Waals surface area contributed by atoms with Crippen molar-refractivity contribution in [2.45, 2.75) is 52.4 Å². The first-order valence-corrected chi connectivity index (χ1v) is 9.59. The van der Waals surface area contributed by atoms with Gasteiger partial charge in [-0.1, -0.05) is 59.9 Å². The van der Waals surface area contributed by atoms with Crippen molar-refractivity contribution < 1.29 is 14.7 Å². The molecule has 1 saturated heterocycles. The summed E-state index contributed by atoms with van der Waals surface area (Å²) in [7, 11) is 0. The summed E-state index contributed by atoms with van der Waals surface area (Å²) in [6.45, 7) is 15.9. The third-order valence-corrected chi connectivity index (χ3v) is 5.22. The fourth-order valence-corrected chi connectivity index (χ4v) is 3.58. The largest absolute Gasteiger partial charge is 0.507 e. The molecule has 2 N–H and O–H groups in total. The van der Waals surface area contributed by atoms with Crippen molar-refractivity contribution in [1.82, 2.24) is 4.90 Å². The Morgan fingerprint density at radius 2 is 1.69 bits per heavy atom. The van der Waals surface area contributed by atoms with Gasteiger partial charge in [0.1, 0.15) is 12.3 Å². The number of thioether (sulfide) groups is 1. The smallest absolute Gasteiger partial charge is 0.244 e. The van der Waals surface area contributed by atoms with E-state index in [9.17, 15) is 14.7 Å². The molecule has 2 amide bonds. The van der Waals surface area contributed by atoms with E-state index in [2.05, 4.69) is 11.9 Å². The first kappa shape index (κ1) is 20.4. The van der Waals surface area contributed by atoms with E-state index in [1.807, 2.05) is 41.5 Å². The van der Waals surface area contributed by atoms with Crippen molar-refractivity contribution in [3.8, 4) is 5.75 Å². The average Bonchev–Trinajstić information content (AvgIpc) is 2.78. The van der Waals surface area contributed by atoms with E-state index in [4.69, 9.17) is 0 Å². The van der Waals surface area contributed by atoms with E-state index in [1.165, 1.54) is 16.7 Å². The molecule has 1 aliphatic rings. The molecule has 1 heterocycles. The molecule has 0 aromatic heterocycles. The number of hydrogen-bond acceptors (Lipinski definition) is 4. The Hall–Kier alpha value is -1.95. The van der Waals surface area contributed by atoms with Gasteiger partial charge >= 0.3 is 0 Å². The molecule has 26 heavy (non-hydrogen) atoms. The van der Waals surface area contributed by atoms with E-state index in [0.717, 1.165) is 11.1 Å². The number of amides is 2. The molecule has 0 atom stereocenters. The molecule has 6 heteroatoms. The van der Waals surface area contributed by atoms with Gasteiger partial charge in [0.25, 0.3) is 0 Å². The van der Waals surface area contributed by atoms with Crippen LogP contribution in [-0.4, -0.2) is 34.1 Å². The van der Waals surface area contributed by atoms with Gasteiger partial charge in [-0.2, -0.15) is 0 Å². The molecule has 0 unspecified atom stereocenters. The summed E-state index contributed by atoms with van der Waals surface area (Å²) in [4.78, 5) is 25.7. The molecule has 0 bridgehead atoms. The summed E-state index contributed by atoms with van der Waals surface area (Å²) in [5, 5.41) is 14.2. The molecule has 2 rings (SSSR count). The number of carbonyl (C=O) groups excluding carboxylic acids is 2. The number of anilines is 1. The number of carbonyl (C=O) groups is 2. The van der Waals surface area contributed by atoms with E-state index in [1.54, 1.807) is 12.1 Å². The van der Waals surface area contributed by atoms with Gasteiger partial charge in [-0.3, -0.25) is 14.5 Å². The summed E-state index contributed by atoms with van der Waals surface area (Å²) in [5.41, 5.74) is 1.61. The van der Waals surface area contributed by atoms with Gasteiger partial charge in [-0.15, -0.1) is 0 Å². The Morgan fingerprint density at radius 1 is 1.19 bits per heavy atom.